The summed E-state index contributed by atoms with van der Waals surface area (Å²) in [6.07, 6.45) is -2.88. The largest absolute Gasteiger partial charge is 0.468 e. The third-order valence-electron chi connectivity index (χ3n) is 2.54. The van der Waals surface area contributed by atoms with Gasteiger partial charge in [0.05, 0.1) is 17.6 Å². The Hall–Kier alpha value is -1.40. The fourth-order valence-electron chi connectivity index (χ4n) is 1.60. The second kappa shape index (κ2) is 5.71. The molecule has 19 heavy (non-hydrogen) atoms. The minimum absolute atomic E-state index is 0.0895. The van der Waals surface area contributed by atoms with Gasteiger partial charge in [-0.15, -0.1) is 11.8 Å². The van der Waals surface area contributed by atoms with Crippen LogP contribution >= 0.6 is 11.8 Å². The first-order valence-corrected chi connectivity index (χ1v) is 6.54. The molecule has 1 aromatic heterocycles. The van der Waals surface area contributed by atoms with Crippen LogP contribution in [0.5, 0.6) is 0 Å². The van der Waals surface area contributed by atoms with E-state index in [1.165, 1.54) is 12.3 Å². The van der Waals surface area contributed by atoms with Crippen molar-refractivity contribution >= 4 is 11.8 Å². The number of nitrogens with two attached hydrogens (primary N) is 1. The Morgan fingerprint density at radius 2 is 2.00 bits per heavy atom. The molecular weight excluding hydrogens is 275 g/mol. The van der Waals surface area contributed by atoms with Gasteiger partial charge >= 0.3 is 6.18 Å². The van der Waals surface area contributed by atoms with E-state index in [0.717, 1.165) is 17.8 Å². The van der Waals surface area contributed by atoms with E-state index in [2.05, 4.69) is 0 Å². The van der Waals surface area contributed by atoms with Crippen molar-refractivity contribution in [2.24, 2.45) is 5.73 Å². The molecule has 0 bridgehead atoms. The molecular formula is C13H12F3NOS. The van der Waals surface area contributed by atoms with Crippen molar-refractivity contribution in [2.75, 3.05) is 0 Å². The summed E-state index contributed by atoms with van der Waals surface area (Å²) in [5.41, 5.74) is 5.20. The van der Waals surface area contributed by atoms with Crippen LogP contribution in [0.2, 0.25) is 0 Å². The third kappa shape index (κ3) is 3.54. The van der Waals surface area contributed by atoms with E-state index in [4.69, 9.17) is 10.2 Å². The number of thioether (sulfide) groups is 1. The normalized spacial score (nSPS) is 11.8. The number of benzene rings is 1. The topological polar surface area (TPSA) is 39.2 Å². The summed E-state index contributed by atoms with van der Waals surface area (Å²) >= 11 is 1.10. The molecule has 0 radical (unpaired) electrons. The van der Waals surface area contributed by atoms with E-state index in [0.29, 0.717) is 17.1 Å². The van der Waals surface area contributed by atoms with Crippen LogP contribution in [-0.2, 0) is 18.5 Å². The molecule has 0 amide bonds. The quantitative estimate of drug-likeness (QED) is 0.862. The van der Waals surface area contributed by atoms with Crippen LogP contribution in [0, 0.1) is 0 Å². The second-order valence-electron chi connectivity index (χ2n) is 3.90. The van der Waals surface area contributed by atoms with Gasteiger partial charge in [0.2, 0.25) is 0 Å². The molecule has 0 saturated carbocycles. The Labute approximate surface area is 112 Å². The number of hydrogen-bond acceptors (Lipinski definition) is 3. The van der Waals surface area contributed by atoms with Crippen molar-refractivity contribution in [1.29, 1.82) is 0 Å². The van der Waals surface area contributed by atoms with E-state index < -0.39 is 11.7 Å². The van der Waals surface area contributed by atoms with Gasteiger partial charge in [0.25, 0.3) is 0 Å². The lowest BCUT2D eigenvalue weighted by Gasteiger charge is -2.13. The van der Waals surface area contributed by atoms with Crippen LogP contribution in [0.15, 0.2) is 45.9 Å². The maximum atomic E-state index is 13.0. The first-order valence-electron chi connectivity index (χ1n) is 5.56. The molecule has 2 nitrogen and oxygen atoms in total. The molecule has 1 aromatic carbocycles. The van der Waals surface area contributed by atoms with Gasteiger partial charge in [-0.2, -0.15) is 13.2 Å². The highest BCUT2D eigenvalue weighted by Gasteiger charge is 2.33. The number of rotatable bonds is 4. The van der Waals surface area contributed by atoms with E-state index in [-0.39, 0.29) is 11.4 Å². The van der Waals surface area contributed by atoms with Gasteiger partial charge in [0.1, 0.15) is 5.76 Å². The highest BCUT2D eigenvalue weighted by atomic mass is 32.2. The molecule has 0 spiro atoms. The van der Waals surface area contributed by atoms with Crippen molar-refractivity contribution in [2.45, 2.75) is 23.4 Å². The van der Waals surface area contributed by atoms with Crippen molar-refractivity contribution in [3.63, 3.8) is 0 Å². The maximum Gasteiger partial charge on any atom is 0.417 e. The lowest BCUT2D eigenvalue weighted by Crippen LogP contribution is -2.09. The van der Waals surface area contributed by atoms with Gasteiger partial charge in [-0.1, -0.05) is 6.07 Å². The van der Waals surface area contributed by atoms with Crippen molar-refractivity contribution in [1.82, 2.24) is 0 Å². The Bertz CT molecular complexity index is 537. The Kier molecular flexibility index (Phi) is 4.21. The zero-order valence-electron chi connectivity index (χ0n) is 9.91. The minimum Gasteiger partial charge on any atom is -0.468 e. The molecule has 0 aliphatic heterocycles. The lowest BCUT2D eigenvalue weighted by molar-refractivity contribution is -0.139. The first kappa shape index (κ1) is 14.0. The van der Waals surface area contributed by atoms with Gasteiger partial charge in [-0.3, -0.25) is 0 Å². The maximum absolute atomic E-state index is 13.0. The summed E-state index contributed by atoms with van der Waals surface area (Å²) in [4.78, 5) is 0.182. The van der Waals surface area contributed by atoms with Crippen LogP contribution in [0.4, 0.5) is 13.2 Å². The predicted molar refractivity (Wildman–Crippen MR) is 67.6 cm³/mol. The van der Waals surface area contributed by atoms with Crippen molar-refractivity contribution < 1.29 is 17.6 Å². The Balaban J connectivity index is 2.23. The third-order valence-corrected chi connectivity index (χ3v) is 3.63. The highest BCUT2D eigenvalue weighted by molar-refractivity contribution is 7.98. The van der Waals surface area contributed by atoms with Crippen molar-refractivity contribution in [3.05, 3.63) is 53.5 Å². The molecule has 0 atom stereocenters. The first-order chi connectivity index (χ1) is 9.00. The number of alkyl halides is 3. The van der Waals surface area contributed by atoms with E-state index in [1.54, 1.807) is 18.2 Å². The molecule has 2 rings (SSSR count). The molecule has 0 saturated heterocycles. The van der Waals surface area contributed by atoms with Gasteiger partial charge in [-0.05, 0) is 29.8 Å². The zero-order chi connectivity index (χ0) is 13.9. The molecule has 2 N–H and O–H groups in total. The molecule has 102 valence electrons. The van der Waals surface area contributed by atoms with E-state index >= 15 is 0 Å². The van der Waals surface area contributed by atoms with Crippen LogP contribution in [0.1, 0.15) is 16.9 Å². The molecule has 0 fully saturated rings. The van der Waals surface area contributed by atoms with Gasteiger partial charge in [-0.25, -0.2) is 0 Å². The second-order valence-corrected chi connectivity index (χ2v) is 4.92. The lowest BCUT2D eigenvalue weighted by atomic mass is 10.1. The number of hydrogen-bond donors (Lipinski definition) is 1. The van der Waals surface area contributed by atoms with Crippen LogP contribution in [-0.4, -0.2) is 0 Å². The summed E-state index contributed by atoms with van der Waals surface area (Å²) in [6.45, 7) is 0.0895. The number of furan rings is 1. The fourth-order valence-corrected chi connectivity index (χ4v) is 2.55. The molecule has 0 aliphatic rings. The predicted octanol–water partition coefficient (Wildman–Crippen LogP) is 4.05. The number of halogens is 3. The average Bonchev–Trinajstić information content (AvgIpc) is 2.88. The SMILES string of the molecule is NCc1ccc(SCc2ccco2)c(C(F)(F)F)c1. The Morgan fingerprint density at radius 1 is 1.21 bits per heavy atom. The monoisotopic (exact) mass is 287 g/mol. The summed E-state index contributed by atoms with van der Waals surface area (Å²) in [6, 6.07) is 7.61. The fraction of sp³-hybridized carbons (Fsp3) is 0.231. The zero-order valence-corrected chi connectivity index (χ0v) is 10.7. The van der Waals surface area contributed by atoms with Crippen LogP contribution < -0.4 is 5.73 Å². The van der Waals surface area contributed by atoms with Crippen molar-refractivity contribution in [3.8, 4) is 0 Å². The summed E-state index contributed by atoms with van der Waals surface area (Å²) < 4.78 is 44.0. The van der Waals surface area contributed by atoms with Gasteiger partial charge < -0.3 is 10.2 Å². The van der Waals surface area contributed by atoms with E-state index in [9.17, 15) is 13.2 Å². The van der Waals surface area contributed by atoms with Gasteiger partial charge in [0.15, 0.2) is 0 Å². The molecule has 1 heterocycles. The summed E-state index contributed by atoms with van der Waals surface area (Å²) in [5, 5.41) is 0. The highest BCUT2D eigenvalue weighted by Crippen LogP contribution is 2.38. The molecule has 6 heteroatoms. The summed E-state index contributed by atoms with van der Waals surface area (Å²) in [5.74, 6) is 0.999. The Morgan fingerprint density at radius 3 is 2.58 bits per heavy atom. The average molecular weight is 287 g/mol. The van der Waals surface area contributed by atoms with Crippen LogP contribution in [0.25, 0.3) is 0 Å². The minimum atomic E-state index is -4.38. The van der Waals surface area contributed by atoms with E-state index in [1.807, 2.05) is 0 Å². The molecule has 0 unspecified atom stereocenters. The molecule has 0 aliphatic carbocycles. The van der Waals surface area contributed by atoms with Crippen LogP contribution in [0.3, 0.4) is 0 Å². The molecule has 2 aromatic rings. The smallest absolute Gasteiger partial charge is 0.417 e. The summed E-state index contributed by atoms with van der Waals surface area (Å²) in [7, 11) is 0. The van der Waals surface area contributed by atoms with Gasteiger partial charge in [0, 0.05) is 11.4 Å². The standard InChI is InChI=1S/C13H12F3NOS/c14-13(15,16)11-6-9(7-17)3-4-12(11)19-8-10-2-1-5-18-10/h1-6H,7-8,17H2.